The first-order valence-corrected chi connectivity index (χ1v) is 19.5. The molecule has 0 bridgehead atoms. The van der Waals surface area contributed by atoms with E-state index in [-0.39, 0.29) is 65.1 Å². The number of benzene rings is 3. The molecule has 0 aliphatic heterocycles. The van der Waals surface area contributed by atoms with E-state index in [0.29, 0.717) is 69.2 Å². The van der Waals surface area contributed by atoms with E-state index in [9.17, 15) is 26.3 Å². The Balaban J connectivity index is 0.000000150. The summed E-state index contributed by atoms with van der Waals surface area (Å²) in [5.74, 6) is 2.92. The molecule has 0 unspecified atom stereocenters. The molecule has 10 aromatic rings. The molecule has 0 saturated carbocycles. The third-order valence-corrected chi connectivity index (χ3v) is 9.78. The van der Waals surface area contributed by atoms with Gasteiger partial charge in [0.05, 0.1) is 17.1 Å². The first-order valence-electron chi connectivity index (χ1n) is 19.5. The number of nitriles is 1. The summed E-state index contributed by atoms with van der Waals surface area (Å²) in [6.07, 6.45) is 10.7. The van der Waals surface area contributed by atoms with Crippen LogP contribution in [-0.4, -0.2) is 64.1 Å². The number of imidazole rings is 3. The number of hydrogen-bond donors (Lipinski definition) is 3. The highest BCUT2D eigenvalue weighted by molar-refractivity contribution is 5.95. The third-order valence-electron chi connectivity index (χ3n) is 9.78. The smallest absolute Gasteiger partial charge is 0.451 e. The summed E-state index contributed by atoms with van der Waals surface area (Å²) in [7, 11) is 0. The summed E-state index contributed by atoms with van der Waals surface area (Å²) in [4.78, 5) is 29.0. The number of alkyl halides is 3. The van der Waals surface area contributed by atoms with Gasteiger partial charge in [0.15, 0.2) is 28.5 Å². The number of fused-ring (bicyclic) bond motifs is 3. The maximum Gasteiger partial charge on any atom is 0.451 e. The van der Waals surface area contributed by atoms with E-state index in [1.165, 1.54) is 30.6 Å². The molecule has 3 aromatic carbocycles. The molecule has 10 rings (SSSR count). The second kappa shape index (κ2) is 20.3. The molecule has 0 spiro atoms. The van der Waals surface area contributed by atoms with Crippen LogP contribution in [0.1, 0.15) is 51.0 Å². The standard InChI is InChI=1S/C16H10F4N6.C14H13FN6.C14H9FN4.HI/c17-10-4-2-1-3-9(10)7-11-14-21-5-6-26(14)8-12(22-11)13-23-15(25-24-13)16(18,19)20;15-10-4-2-1-3-9(10)7-11-14-18-5-6-21(14)8-12(19-11)13(16)20-17;15-12-4-2-1-3-10(12)7-13-14-17-5-6-19(14)9-11(8-16)18-13;/h1-6,8H,7H2,(H,23,24,25);1-6,8H,7,17H2,(H2,16,20);1-6,9H,7H2;1H/p-1. The van der Waals surface area contributed by atoms with Gasteiger partial charge in [-0.1, -0.05) is 54.6 Å². The van der Waals surface area contributed by atoms with E-state index in [1.54, 1.807) is 111 Å². The first kappa shape index (κ1) is 46.7. The quantitative estimate of drug-likeness (QED) is 0.0498. The van der Waals surface area contributed by atoms with Crippen molar-refractivity contribution in [2.45, 2.75) is 25.4 Å². The zero-order chi connectivity index (χ0) is 46.4. The molecular weight excluding hydrogens is 993 g/mol. The number of halogens is 7. The summed E-state index contributed by atoms with van der Waals surface area (Å²) in [6, 6.07) is 21.3. The molecule has 338 valence electrons. The Morgan fingerprint density at radius 3 is 1.54 bits per heavy atom. The lowest BCUT2D eigenvalue weighted by atomic mass is 10.1. The number of aromatic amines is 1. The third kappa shape index (κ3) is 10.7. The van der Waals surface area contributed by atoms with Gasteiger partial charge >= 0.3 is 6.18 Å². The minimum atomic E-state index is -4.64. The van der Waals surface area contributed by atoms with Gasteiger partial charge in [0.1, 0.15) is 34.9 Å². The Hall–Kier alpha value is -8.27. The highest BCUT2D eigenvalue weighted by Gasteiger charge is 2.35. The number of aromatic nitrogens is 12. The summed E-state index contributed by atoms with van der Waals surface area (Å²) in [5.41, 5.74) is 11.4. The summed E-state index contributed by atoms with van der Waals surface area (Å²) >= 11 is 0. The maximum absolute atomic E-state index is 13.9. The lowest BCUT2D eigenvalue weighted by molar-refractivity contribution is -0.144. The summed E-state index contributed by atoms with van der Waals surface area (Å²) < 4.78 is 84.6. The van der Waals surface area contributed by atoms with E-state index >= 15 is 0 Å². The average molecular weight is 1030 g/mol. The predicted octanol–water partition coefficient (Wildman–Crippen LogP) is 3.64. The van der Waals surface area contributed by atoms with Crippen LogP contribution in [0.15, 0.2) is 134 Å². The van der Waals surface area contributed by atoms with Crippen LogP contribution in [0.5, 0.6) is 0 Å². The minimum Gasteiger partial charge on any atom is -1.00 e. The van der Waals surface area contributed by atoms with Gasteiger partial charge < -0.3 is 48.8 Å². The Kier molecular flexibility index (Phi) is 14.1. The van der Waals surface area contributed by atoms with Crippen molar-refractivity contribution in [3.8, 4) is 17.6 Å². The van der Waals surface area contributed by atoms with Gasteiger partial charge in [-0.25, -0.2) is 48.1 Å². The zero-order valence-electron chi connectivity index (χ0n) is 34.4. The molecule has 16 nitrogen and oxygen atoms in total. The minimum absolute atomic E-state index is 0. The van der Waals surface area contributed by atoms with Crippen molar-refractivity contribution in [1.82, 2.24) is 58.3 Å². The largest absolute Gasteiger partial charge is 1.00 e. The van der Waals surface area contributed by atoms with Gasteiger partial charge in [-0.2, -0.15) is 28.6 Å². The summed E-state index contributed by atoms with van der Waals surface area (Å²) in [6.45, 7) is 0. The molecule has 5 N–H and O–H groups in total. The second-order valence-corrected chi connectivity index (χ2v) is 14.1. The topological polar surface area (TPSA) is 220 Å². The predicted molar refractivity (Wildman–Crippen MR) is 227 cm³/mol. The van der Waals surface area contributed by atoms with Crippen LogP contribution in [0.25, 0.3) is 28.5 Å². The Labute approximate surface area is 391 Å². The normalized spacial score (nSPS) is 11.4. The van der Waals surface area contributed by atoms with E-state index in [2.05, 4.69) is 45.1 Å². The van der Waals surface area contributed by atoms with Gasteiger partial charge in [-0.05, 0) is 34.9 Å². The SMILES string of the molecule is Fc1ccccc1Cc1nc(-c2n[nH]c(C(F)(F)F)n2)cn2ccnc12.N#Cc1cn2ccnc2c(Cc2ccccc2F)n1.N/N=C(\N)c1cn2ccnc2c(Cc2ccccc2F)n1.[I-]. The molecular formula is C44H32F6IN16-. The Morgan fingerprint density at radius 1 is 0.642 bits per heavy atom. The van der Waals surface area contributed by atoms with Crippen LogP contribution in [0.3, 0.4) is 0 Å². The lowest BCUT2D eigenvalue weighted by Crippen LogP contribution is -3.00. The molecule has 0 aliphatic rings. The molecule has 0 atom stereocenters. The van der Waals surface area contributed by atoms with Crippen molar-refractivity contribution >= 4 is 22.8 Å². The van der Waals surface area contributed by atoms with Gasteiger partial charge in [0.2, 0.25) is 11.6 Å². The van der Waals surface area contributed by atoms with Crippen LogP contribution < -0.4 is 35.6 Å². The van der Waals surface area contributed by atoms with Crippen LogP contribution in [0.4, 0.5) is 26.3 Å². The molecule has 67 heavy (non-hydrogen) atoms. The Morgan fingerprint density at radius 2 is 1.09 bits per heavy atom. The first-order chi connectivity index (χ1) is 31.9. The number of rotatable bonds is 8. The molecule has 0 radical (unpaired) electrons. The van der Waals surface area contributed by atoms with Crippen molar-refractivity contribution in [2.75, 3.05) is 0 Å². The van der Waals surface area contributed by atoms with Crippen LogP contribution in [0, 0.1) is 28.8 Å². The molecule has 7 heterocycles. The van der Waals surface area contributed by atoms with E-state index < -0.39 is 17.8 Å². The van der Waals surface area contributed by atoms with E-state index in [0.717, 1.165) is 0 Å². The lowest BCUT2D eigenvalue weighted by Gasteiger charge is -2.07. The second-order valence-electron chi connectivity index (χ2n) is 14.1. The van der Waals surface area contributed by atoms with Crippen molar-refractivity contribution in [2.24, 2.45) is 16.7 Å². The number of nitrogens with one attached hydrogen (secondary N) is 1. The highest BCUT2D eigenvalue weighted by atomic mass is 127. The van der Waals surface area contributed by atoms with Gasteiger partial charge in [0, 0.05) is 75.0 Å². The van der Waals surface area contributed by atoms with Gasteiger partial charge in [0.25, 0.3) is 0 Å². The number of H-pyrrole nitrogens is 1. The highest BCUT2D eigenvalue weighted by Crippen LogP contribution is 2.28. The molecule has 0 saturated heterocycles. The van der Waals surface area contributed by atoms with E-state index in [4.69, 9.17) is 16.8 Å². The van der Waals surface area contributed by atoms with Gasteiger partial charge in [-0.3, -0.25) is 5.10 Å². The van der Waals surface area contributed by atoms with Crippen LogP contribution in [0.2, 0.25) is 0 Å². The zero-order valence-corrected chi connectivity index (χ0v) is 36.5. The van der Waals surface area contributed by atoms with Crippen molar-refractivity contribution < 1.29 is 50.3 Å². The summed E-state index contributed by atoms with van der Waals surface area (Å²) in [5, 5.41) is 17.8. The van der Waals surface area contributed by atoms with Crippen LogP contribution >= 0.6 is 0 Å². The van der Waals surface area contributed by atoms with Crippen LogP contribution in [-0.2, 0) is 25.4 Å². The van der Waals surface area contributed by atoms with Crippen molar-refractivity contribution in [1.29, 1.82) is 5.26 Å². The fraction of sp³-hybridized carbons (Fsp3) is 0.0909. The molecule has 7 aromatic heterocycles. The fourth-order valence-corrected chi connectivity index (χ4v) is 6.67. The van der Waals surface area contributed by atoms with E-state index in [1.807, 2.05) is 11.2 Å². The number of nitrogens with two attached hydrogens (primary N) is 2. The Bertz CT molecular complexity index is 3410. The number of hydrazone groups is 1. The monoisotopic (exact) mass is 1030 g/mol. The molecule has 23 heteroatoms. The number of hydrogen-bond acceptors (Lipinski definition) is 11. The maximum atomic E-state index is 13.9. The molecule has 0 fully saturated rings. The molecule has 0 amide bonds. The fourth-order valence-electron chi connectivity index (χ4n) is 6.67. The molecule has 0 aliphatic carbocycles. The number of nitrogens with zero attached hydrogens (tertiary/aromatic N) is 13. The van der Waals surface area contributed by atoms with Gasteiger partial charge in [-0.15, -0.1) is 0 Å². The van der Waals surface area contributed by atoms with Crippen molar-refractivity contribution in [3.63, 3.8) is 0 Å². The number of amidine groups is 1. The average Bonchev–Trinajstić information content (AvgIpc) is 4.16. The van der Waals surface area contributed by atoms with Crippen molar-refractivity contribution in [3.05, 3.63) is 197 Å².